The van der Waals surface area contributed by atoms with Crippen molar-refractivity contribution in [1.29, 1.82) is 0 Å². The van der Waals surface area contributed by atoms with Gasteiger partial charge in [0, 0.05) is 24.3 Å². The second kappa shape index (κ2) is 5.67. The van der Waals surface area contributed by atoms with E-state index in [-0.39, 0.29) is 30.9 Å². The largest absolute Gasteiger partial charge is 0.361 e. The summed E-state index contributed by atoms with van der Waals surface area (Å²) in [5, 5.41) is 3.54. The lowest BCUT2D eigenvalue weighted by Gasteiger charge is -2.24. The van der Waals surface area contributed by atoms with Crippen molar-refractivity contribution in [2.45, 2.75) is 25.4 Å². The Bertz CT molecular complexity index is 808. The van der Waals surface area contributed by atoms with Crippen molar-refractivity contribution < 1.29 is 14.4 Å². The summed E-state index contributed by atoms with van der Waals surface area (Å²) in [4.78, 5) is 41.9. The van der Waals surface area contributed by atoms with Crippen LogP contribution in [0.3, 0.4) is 0 Å². The summed E-state index contributed by atoms with van der Waals surface area (Å²) in [6, 6.07) is 7.77. The monoisotopic (exact) mass is 326 g/mol. The first-order valence-corrected chi connectivity index (χ1v) is 8.05. The number of H-pyrrole nitrogens is 1. The van der Waals surface area contributed by atoms with E-state index >= 15 is 0 Å². The van der Waals surface area contributed by atoms with E-state index in [0.717, 1.165) is 34.2 Å². The minimum Gasteiger partial charge on any atom is -0.361 e. The Hall–Kier alpha value is -2.83. The van der Waals surface area contributed by atoms with E-state index in [0.29, 0.717) is 6.54 Å². The van der Waals surface area contributed by atoms with Gasteiger partial charge in [-0.3, -0.25) is 14.5 Å². The van der Waals surface area contributed by atoms with Gasteiger partial charge < -0.3 is 15.2 Å². The molecule has 7 nitrogen and oxygen atoms in total. The number of carbonyl (C=O) groups excluding carboxylic acids is 3. The van der Waals surface area contributed by atoms with E-state index < -0.39 is 6.03 Å². The number of fused-ring (bicyclic) bond motifs is 1. The molecule has 0 radical (unpaired) electrons. The minimum atomic E-state index is -0.488. The molecule has 2 aromatic rings. The number of benzene rings is 1. The van der Waals surface area contributed by atoms with Crippen LogP contribution in [0.15, 0.2) is 30.5 Å². The lowest BCUT2D eigenvalue weighted by molar-refractivity contribution is -0.137. The van der Waals surface area contributed by atoms with Crippen molar-refractivity contribution in [2.24, 2.45) is 0 Å². The third kappa shape index (κ3) is 2.73. The maximum atomic E-state index is 12.6. The molecule has 0 spiro atoms. The van der Waals surface area contributed by atoms with E-state index in [9.17, 15) is 14.4 Å². The number of imide groups is 1. The zero-order valence-electron chi connectivity index (χ0n) is 13.1. The van der Waals surface area contributed by atoms with Crippen LogP contribution in [0.25, 0.3) is 10.9 Å². The van der Waals surface area contributed by atoms with Gasteiger partial charge in [-0.25, -0.2) is 4.79 Å². The number of rotatable bonds is 5. The van der Waals surface area contributed by atoms with Crippen LogP contribution in [0.4, 0.5) is 4.79 Å². The normalized spacial score (nSPS) is 17.4. The van der Waals surface area contributed by atoms with Crippen LogP contribution in [0, 0.1) is 0 Å². The molecule has 1 aromatic carbocycles. The number of carbonyl (C=O) groups is 3. The summed E-state index contributed by atoms with van der Waals surface area (Å²) < 4.78 is 0. The number of nitrogens with zero attached hydrogens (tertiary/aromatic N) is 2. The van der Waals surface area contributed by atoms with E-state index in [1.807, 2.05) is 24.4 Å². The van der Waals surface area contributed by atoms with Crippen LogP contribution in [-0.4, -0.2) is 51.8 Å². The van der Waals surface area contributed by atoms with Crippen molar-refractivity contribution in [3.63, 3.8) is 0 Å². The Balaban J connectivity index is 1.50. The summed E-state index contributed by atoms with van der Waals surface area (Å²) >= 11 is 0. The van der Waals surface area contributed by atoms with Gasteiger partial charge in [-0.05, 0) is 42.0 Å². The number of hydrogen-bond donors (Lipinski definition) is 2. The van der Waals surface area contributed by atoms with Gasteiger partial charge in [0.05, 0.1) is 6.54 Å². The van der Waals surface area contributed by atoms with Gasteiger partial charge in [-0.15, -0.1) is 0 Å². The Labute approximate surface area is 138 Å². The average Bonchev–Trinajstić information content (AvgIpc) is 3.23. The summed E-state index contributed by atoms with van der Waals surface area (Å²) in [5.74, 6) is -0.532. The van der Waals surface area contributed by atoms with Crippen molar-refractivity contribution in [3.8, 4) is 0 Å². The van der Waals surface area contributed by atoms with E-state index in [2.05, 4.69) is 16.4 Å². The molecule has 2 N–H and O–H groups in total. The molecule has 1 aliphatic heterocycles. The number of nitrogens with one attached hydrogen (secondary N) is 2. The molecule has 1 saturated heterocycles. The molecular weight excluding hydrogens is 308 g/mol. The molecule has 1 aromatic heterocycles. The van der Waals surface area contributed by atoms with Crippen LogP contribution in [0.1, 0.15) is 18.4 Å². The molecule has 2 fully saturated rings. The first-order valence-electron chi connectivity index (χ1n) is 8.05. The topological polar surface area (TPSA) is 85.5 Å². The Morgan fingerprint density at radius 2 is 2.08 bits per heavy atom. The average molecular weight is 326 g/mol. The lowest BCUT2D eigenvalue weighted by Crippen LogP contribution is -2.43. The fourth-order valence-corrected chi connectivity index (χ4v) is 3.05. The number of aromatic amines is 1. The van der Waals surface area contributed by atoms with Gasteiger partial charge in [0.25, 0.3) is 5.91 Å². The highest BCUT2D eigenvalue weighted by atomic mass is 16.2. The summed E-state index contributed by atoms with van der Waals surface area (Å²) in [6.45, 7) is 0.279. The standard InChI is InChI=1S/C17H18N4O3/c22-15-8-19-17(24)21(15)10-16(23)20(13-2-3-13)9-11-1-4-14-12(7-11)5-6-18-14/h1,4-7,13,18H,2-3,8-10H2,(H,19,24). The van der Waals surface area contributed by atoms with Crippen LogP contribution in [0.2, 0.25) is 0 Å². The molecule has 24 heavy (non-hydrogen) atoms. The maximum absolute atomic E-state index is 12.6. The van der Waals surface area contributed by atoms with Gasteiger partial charge >= 0.3 is 6.03 Å². The summed E-state index contributed by atoms with van der Waals surface area (Å²) in [7, 11) is 0. The molecule has 0 unspecified atom stereocenters. The van der Waals surface area contributed by atoms with Gasteiger partial charge in [-0.2, -0.15) is 0 Å². The quantitative estimate of drug-likeness (QED) is 0.810. The van der Waals surface area contributed by atoms with Crippen molar-refractivity contribution in [3.05, 3.63) is 36.0 Å². The minimum absolute atomic E-state index is 0.0281. The molecular formula is C17H18N4O3. The Kier molecular flexibility index (Phi) is 3.48. The van der Waals surface area contributed by atoms with Gasteiger partial charge in [0.15, 0.2) is 0 Å². The SMILES string of the molecule is O=C1CNC(=O)N1CC(=O)N(Cc1ccc2[nH]ccc2c1)C1CC1. The zero-order chi connectivity index (χ0) is 16.7. The summed E-state index contributed by atoms with van der Waals surface area (Å²) in [5.41, 5.74) is 2.10. The van der Waals surface area contributed by atoms with Crippen molar-refractivity contribution in [2.75, 3.05) is 13.1 Å². The number of urea groups is 1. The van der Waals surface area contributed by atoms with Crippen molar-refractivity contribution >= 4 is 28.7 Å². The van der Waals surface area contributed by atoms with E-state index in [1.165, 1.54) is 0 Å². The first-order chi connectivity index (χ1) is 11.6. The van der Waals surface area contributed by atoms with Crippen LogP contribution in [0.5, 0.6) is 0 Å². The molecule has 124 valence electrons. The molecule has 4 rings (SSSR count). The van der Waals surface area contributed by atoms with E-state index in [4.69, 9.17) is 0 Å². The molecule has 7 heteroatoms. The molecule has 2 heterocycles. The highest BCUT2D eigenvalue weighted by molar-refractivity contribution is 6.04. The fraction of sp³-hybridized carbons (Fsp3) is 0.353. The molecule has 2 aliphatic rings. The molecule has 1 saturated carbocycles. The molecule has 0 bridgehead atoms. The van der Waals surface area contributed by atoms with Gasteiger partial charge in [0.2, 0.25) is 5.91 Å². The molecule has 4 amide bonds. The lowest BCUT2D eigenvalue weighted by atomic mass is 10.1. The zero-order valence-corrected chi connectivity index (χ0v) is 13.1. The summed E-state index contributed by atoms with van der Waals surface area (Å²) in [6.07, 6.45) is 3.83. The fourth-order valence-electron chi connectivity index (χ4n) is 3.05. The van der Waals surface area contributed by atoms with Crippen molar-refractivity contribution in [1.82, 2.24) is 20.1 Å². The highest BCUT2D eigenvalue weighted by Gasteiger charge is 2.36. The van der Waals surface area contributed by atoms with Crippen LogP contribution < -0.4 is 5.32 Å². The third-order valence-electron chi connectivity index (χ3n) is 4.51. The van der Waals surface area contributed by atoms with E-state index in [1.54, 1.807) is 4.90 Å². The maximum Gasteiger partial charge on any atom is 0.325 e. The molecule has 0 atom stereocenters. The predicted octanol–water partition coefficient (Wildman–Crippen LogP) is 1.21. The first kappa shape index (κ1) is 14.7. The van der Waals surface area contributed by atoms with Crippen LogP contribution >= 0.6 is 0 Å². The number of hydrogen-bond acceptors (Lipinski definition) is 3. The number of aromatic nitrogens is 1. The van der Waals surface area contributed by atoms with Gasteiger partial charge in [-0.1, -0.05) is 6.07 Å². The molecule has 1 aliphatic carbocycles. The third-order valence-corrected chi connectivity index (χ3v) is 4.51. The predicted molar refractivity (Wildman–Crippen MR) is 87.0 cm³/mol. The smallest absolute Gasteiger partial charge is 0.325 e. The van der Waals surface area contributed by atoms with Gasteiger partial charge in [0.1, 0.15) is 6.54 Å². The second-order valence-corrected chi connectivity index (χ2v) is 6.29. The highest BCUT2D eigenvalue weighted by Crippen LogP contribution is 2.29. The Morgan fingerprint density at radius 1 is 1.25 bits per heavy atom. The second-order valence-electron chi connectivity index (χ2n) is 6.29. The number of amides is 4. The van der Waals surface area contributed by atoms with Crippen LogP contribution in [-0.2, 0) is 16.1 Å². The Morgan fingerprint density at radius 3 is 2.79 bits per heavy atom.